The summed E-state index contributed by atoms with van der Waals surface area (Å²) >= 11 is 0.894. The van der Waals surface area contributed by atoms with Crippen molar-refractivity contribution >= 4 is 40.6 Å². The number of rotatable bonds is 5. The van der Waals surface area contributed by atoms with Gasteiger partial charge in [0.25, 0.3) is 11.1 Å². The van der Waals surface area contributed by atoms with Crippen LogP contribution >= 0.6 is 11.8 Å². The van der Waals surface area contributed by atoms with Gasteiger partial charge in [-0.2, -0.15) is 0 Å². The molecular formula is C19H16N2O4S. The number of esters is 1. The Labute approximate surface area is 154 Å². The van der Waals surface area contributed by atoms with Crippen LogP contribution in [-0.2, 0) is 9.53 Å². The number of carbonyl (C=O) groups is 3. The van der Waals surface area contributed by atoms with Crippen LogP contribution in [0.1, 0.15) is 15.9 Å². The molecule has 0 radical (unpaired) electrons. The summed E-state index contributed by atoms with van der Waals surface area (Å²) in [5.74, 6) is -0.863. The number of benzene rings is 2. The molecule has 2 amide bonds. The Hall–Kier alpha value is -3.06. The Kier molecular flexibility index (Phi) is 5.38. The van der Waals surface area contributed by atoms with Crippen LogP contribution in [0.5, 0.6) is 0 Å². The van der Waals surface area contributed by atoms with E-state index in [9.17, 15) is 14.4 Å². The molecule has 0 spiro atoms. The fourth-order valence-corrected chi connectivity index (χ4v) is 3.26. The molecule has 0 unspecified atom stereocenters. The molecule has 1 heterocycles. The lowest BCUT2D eigenvalue weighted by atomic mass is 10.2. The Morgan fingerprint density at radius 1 is 1.12 bits per heavy atom. The highest BCUT2D eigenvalue weighted by Crippen LogP contribution is 2.32. The van der Waals surface area contributed by atoms with E-state index in [0.29, 0.717) is 16.2 Å². The SMILES string of the molecule is COC(=O)c1ccccc1NCN1C(=O)S/C(=C/c2ccccc2)C1=O. The van der Waals surface area contributed by atoms with Crippen LogP contribution in [0, 0.1) is 0 Å². The van der Waals surface area contributed by atoms with Gasteiger partial charge in [0, 0.05) is 0 Å². The molecule has 1 N–H and O–H groups in total. The molecule has 3 rings (SSSR count). The lowest BCUT2D eigenvalue weighted by Crippen LogP contribution is -2.33. The van der Waals surface area contributed by atoms with Crippen LogP contribution in [0.15, 0.2) is 59.5 Å². The average Bonchev–Trinajstić information content (AvgIpc) is 2.93. The maximum absolute atomic E-state index is 12.5. The Morgan fingerprint density at radius 2 is 1.81 bits per heavy atom. The normalized spacial score (nSPS) is 15.4. The first kappa shape index (κ1) is 17.8. The van der Waals surface area contributed by atoms with E-state index in [1.54, 1.807) is 30.3 Å². The zero-order valence-electron chi connectivity index (χ0n) is 14.0. The van der Waals surface area contributed by atoms with E-state index in [4.69, 9.17) is 4.74 Å². The minimum atomic E-state index is -0.494. The van der Waals surface area contributed by atoms with Crippen molar-refractivity contribution in [3.63, 3.8) is 0 Å². The molecule has 1 aliphatic rings. The lowest BCUT2D eigenvalue weighted by Gasteiger charge is -2.16. The molecule has 1 saturated heterocycles. The van der Waals surface area contributed by atoms with E-state index in [-0.39, 0.29) is 17.8 Å². The summed E-state index contributed by atoms with van der Waals surface area (Å²) in [6.45, 7) is -0.0369. The van der Waals surface area contributed by atoms with Crippen LogP contribution in [0.2, 0.25) is 0 Å². The van der Waals surface area contributed by atoms with Crippen LogP contribution < -0.4 is 5.32 Å². The van der Waals surface area contributed by atoms with E-state index in [0.717, 1.165) is 22.2 Å². The number of para-hydroxylation sites is 1. The van der Waals surface area contributed by atoms with Gasteiger partial charge < -0.3 is 10.1 Å². The summed E-state index contributed by atoms with van der Waals surface area (Å²) in [7, 11) is 1.30. The molecule has 6 nitrogen and oxygen atoms in total. The smallest absolute Gasteiger partial charge is 0.339 e. The number of anilines is 1. The van der Waals surface area contributed by atoms with Crippen LogP contribution in [-0.4, -0.2) is 35.8 Å². The highest BCUT2D eigenvalue weighted by Gasteiger charge is 2.34. The Morgan fingerprint density at radius 3 is 2.54 bits per heavy atom. The third kappa shape index (κ3) is 3.78. The summed E-state index contributed by atoms with van der Waals surface area (Å²) in [6.07, 6.45) is 1.69. The molecule has 26 heavy (non-hydrogen) atoms. The van der Waals surface area contributed by atoms with Gasteiger partial charge in [0.1, 0.15) is 0 Å². The van der Waals surface area contributed by atoms with Gasteiger partial charge in [0.15, 0.2) is 0 Å². The number of amides is 2. The number of carbonyl (C=O) groups excluding carboxylic acids is 3. The number of hydrogen-bond acceptors (Lipinski definition) is 6. The van der Waals surface area contributed by atoms with Crippen LogP contribution in [0.4, 0.5) is 10.5 Å². The summed E-state index contributed by atoms with van der Waals surface area (Å²) < 4.78 is 4.73. The topological polar surface area (TPSA) is 75.7 Å². The van der Waals surface area contributed by atoms with Crippen molar-refractivity contribution in [1.82, 2.24) is 4.90 Å². The second-order valence-electron chi connectivity index (χ2n) is 5.39. The van der Waals surface area contributed by atoms with Crippen LogP contribution in [0.3, 0.4) is 0 Å². The number of hydrogen-bond donors (Lipinski definition) is 1. The summed E-state index contributed by atoms with van der Waals surface area (Å²) in [6, 6.07) is 16.1. The molecule has 1 fully saturated rings. The number of imide groups is 1. The molecule has 0 saturated carbocycles. The third-order valence-electron chi connectivity index (χ3n) is 3.73. The standard InChI is InChI=1S/C19H16N2O4S/c1-25-18(23)14-9-5-6-10-15(14)20-12-21-17(22)16(26-19(21)24)11-13-7-3-2-4-8-13/h2-11,20H,12H2,1H3/b16-11+. The van der Waals surface area contributed by atoms with Crippen molar-refractivity contribution < 1.29 is 19.1 Å². The van der Waals surface area contributed by atoms with Gasteiger partial charge in [-0.1, -0.05) is 42.5 Å². The van der Waals surface area contributed by atoms with E-state index in [1.807, 2.05) is 30.3 Å². The van der Waals surface area contributed by atoms with Crippen LogP contribution in [0.25, 0.3) is 6.08 Å². The second-order valence-corrected chi connectivity index (χ2v) is 6.39. The number of nitrogens with zero attached hydrogens (tertiary/aromatic N) is 1. The zero-order valence-corrected chi connectivity index (χ0v) is 14.8. The average molecular weight is 368 g/mol. The quantitative estimate of drug-likeness (QED) is 0.642. The number of methoxy groups -OCH3 is 1. The van der Waals surface area contributed by atoms with E-state index < -0.39 is 5.97 Å². The molecule has 2 aromatic carbocycles. The molecule has 132 valence electrons. The number of ether oxygens (including phenoxy) is 1. The molecule has 7 heteroatoms. The first-order chi connectivity index (χ1) is 12.6. The van der Waals surface area contributed by atoms with Crippen molar-refractivity contribution in [3.05, 3.63) is 70.6 Å². The summed E-state index contributed by atoms with van der Waals surface area (Å²) in [4.78, 5) is 37.9. The van der Waals surface area contributed by atoms with Crippen molar-refractivity contribution in [2.24, 2.45) is 0 Å². The van der Waals surface area contributed by atoms with Gasteiger partial charge >= 0.3 is 5.97 Å². The minimum absolute atomic E-state index is 0.0369. The molecule has 2 aromatic rings. The molecule has 0 atom stereocenters. The van der Waals surface area contributed by atoms with E-state index in [1.165, 1.54) is 7.11 Å². The van der Waals surface area contributed by atoms with E-state index >= 15 is 0 Å². The van der Waals surface area contributed by atoms with Gasteiger partial charge in [0.05, 0.1) is 29.9 Å². The van der Waals surface area contributed by atoms with E-state index in [2.05, 4.69) is 5.32 Å². The minimum Gasteiger partial charge on any atom is -0.465 e. The molecule has 0 bridgehead atoms. The highest BCUT2D eigenvalue weighted by atomic mass is 32.2. The molecular weight excluding hydrogens is 352 g/mol. The fraction of sp³-hybridized carbons (Fsp3) is 0.105. The largest absolute Gasteiger partial charge is 0.465 e. The number of thioether (sulfide) groups is 1. The number of nitrogens with one attached hydrogen (secondary N) is 1. The van der Waals surface area contributed by atoms with Crippen molar-refractivity contribution in [2.75, 3.05) is 19.1 Å². The molecule has 1 aliphatic heterocycles. The maximum Gasteiger partial charge on any atom is 0.339 e. The fourth-order valence-electron chi connectivity index (χ4n) is 2.43. The van der Waals surface area contributed by atoms with Crippen molar-refractivity contribution in [2.45, 2.75) is 0 Å². The lowest BCUT2D eigenvalue weighted by molar-refractivity contribution is -0.122. The zero-order chi connectivity index (χ0) is 18.5. The third-order valence-corrected chi connectivity index (χ3v) is 4.64. The highest BCUT2D eigenvalue weighted by molar-refractivity contribution is 8.18. The van der Waals surface area contributed by atoms with Crippen molar-refractivity contribution in [1.29, 1.82) is 0 Å². The monoisotopic (exact) mass is 368 g/mol. The van der Waals surface area contributed by atoms with Crippen molar-refractivity contribution in [3.8, 4) is 0 Å². The maximum atomic E-state index is 12.5. The predicted octanol–water partition coefficient (Wildman–Crippen LogP) is 3.58. The predicted molar refractivity (Wildman–Crippen MR) is 101 cm³/mol. The van der Waals surface area contributed by atoms with Gasteiger partial charge in [-0.25, -0.2) is 4.79 Å². The van der Waals surface area contributed by atoms with Gasteiger partial charge in [-0.3, -0.25) is 14.5 Å². The first-order valence-corrected chi connectivity index (χ1v) is 8.63. The van der Waals surface area contributed by atoms with Gasteiger partial charge in [-0.15, -0.1) is 0 Å². The summed E-state index contributed by atoms with van der Waals surface area (Å²) in [5.41, 5.74) is 1.68. The Balaban J connectivity index is 1.74. The first-order valence-electron chi connectivity index (χ1n) is 7.82. The van der Waals surface area contributed by atoms with Gasteiger partial charge in [-0.05, 0) is 35.5 Å². The second kappa shape index (κ2) is 7.88. The molecule has 0 aliphatic carbocycles. The molecule has 0 aromatic heterocycles. The Bertz CT molecular complexity index is 880. The summed E-state index contributed by atoms with van der Waals surface area (Å²) in [5, 5.41) is 2.60. The van der Waals surface area contributed by atoms with Gasteiger partial charge in [0.2, 0.25) is 0 Å².